The quantitative estimate of drug-likeness (QED) is 0.832. The van der Waals surface area contributed by atoms with Crippen LogP contribution in [0, 0.1) is 6.92 Å². The highest BCUT2D eigenvalue weighted by atomic mass is 16.5. The molecule has 0 atom stereocenters. The van der Waals surface area contributed by atoms with E-state index in [-0.39, 0.29) is 0 Å². The van der Waals surface area contributed by atoms with Crippen LogP contribution in [0.2, 0.25) is 0 Å². The predicted octanol–water partition coefficient (Wildman–Crippen LogP) is 1.20. The summed E-state index contributed by atoms with van der Waals surface area (Å²) >= 11 is 0. The highest BCUT2D eigenvalue weighted by Crippen LogP contribution is 2.19. The van der Waals surface area contributed by atoms with Gasteiger partial charge in [0.2, 0.25) is 5.88 Å². The van der Waals surface area contributed by atoms with E-state index in [1.807, 2.05) is 13.0 Å². The molecule has 0 spiro atoms. The molecule has 0 unspecified atom stereocenters. The normalized spacial score (nSPS) is 16.2. The Hall–Kier alpha value is -1.29. The molecule has 2 heterocycles. The van der Waals surface area contributed by atoms with Crippen LogP contribution in [0.1, 0.15) is 12.5 Å². The number of hydrogen-bond acceptors (Lipinski definition) is 4. The molecular weight excluding hydrogens is 202 g/mol. The molecule has 0 aromatic carbocycles. The van der Waals surface area contributed by atoms with Gasteiger partial charge in [-0.25, -0.2) is 0 Å². The first-order valence-corrected chi connectivity index (χ1v) is 5.86. The van der Waals surface area contributed by atoms with Crippen LogP contribution in [0.4, 0.5) is 5.82 Å². The van der Waals surface area contributed by atoms with Crippen LogP contribution >= 0.6 is 0 Å². The highest BCUT2D eigenvalue weighted by molar-refractivity contribution is 5.44. The van der Waals surface area contributed by atoms with Gasteiger partial charge in [0.15, 0.2) is 0 Å². The number of pyridine rings is 1. The fourth-order valence-corrected chi connectivity index (χ4v) is 1.90. The minimum Gasteiger partial charge on any atom is -0.478 e. The Morgan fingerprint density at radius 2 is 2.12 bits per heavy atom. The summed E-state index contributed by atoms with van der Waals surface area (Å²) in [4.78, 5) is 6.82. The molecule has 1 aromatic heterocycles. The first-order chi connectivity index (χ1) is 7.79. The standard InChI is InChI=1S/C12H19N3O/c1-3-16-12-9-10(2)8-11(14-12)15-6-4-13-5-7-15/h8-9,13H,3-7H2,1-2H3. The summed E-state index contributed by atoms with van der Waals surface area (Å²) in [5, 5.41) is 3.34. The molecule has 88 valence electrons. The van der Waals surface area contributed by atoms with Gasteiger partial charge >= 0.3 is 0 Å². The summed E-state index contributed by atoms with van der Waals surface area (Å²) in [6.07, 6.45) is 0. The van der Waals surface area contributed by atoms with Crippen molar-refractivity contribution in [1.29, 1.82) is 0 Å². The van der Waals surface area contributed by atoms with E-state index in [1.54, 1.807) is 0 Å². The third kappa shape index (κ3) is 2.64. The van der Waals surface area contributed by atoms with E-state index >= 15 is 0 Å². The average molecular weight is 221 g/mol. The van der Waals surface area contributed by atoms with E-state index in [0.29, 0.717) is 6.61 Å². The Labute approximate surface area is 96.6 Å². The van der Waals surface area contributed by atoms with E-state index in [9.17, 15) is 0 Å². The van der Waals surface area contributed by atoms with Crippen LogP contribution in [-0.4, -0.2) is 37.8 Å². The SMILES string of the molecule is CCOc1cc(C)cc(N2CCNCC2)n1. The van der Waals surface area contributed by atoms with Gasteiger partial charge in [-0.2, -0.15) is 4.98 Å². The highest BCUT2D eigenvalue weighted by Gasteiger charge is 2.12. The lowest BCUT2D eigenvalue weighted by Gasteiger charge is -2.28. The van der Waals surface area contributed by atoms with E-state index in [1.165, 1.54) is 5.56 Å². The zero-order valence-electron chi connectivity index (χ0n) is 9.99. The lowest BCUT2D eigenvalue weighted by Crippen LogP contribution is -2.43. The van der Waals surface area contributed by atoms with Crippen LogP contribution < -0.4 is 15.0 Å². The van der Waals surface area contributed by atoms with Crippen molar-refractivity contribution in [2.24, 2.45) is 0 Å². The second-order valence-corrected chi connectivity index (χ2v) is 4.01. The summed E-state index contributed by atoms with van der Waals surface area (Å²) in [6.45, 7) is 8.81. The van der Waals surface area contributed by atoms with Crippen molar-refractivity contribution in [3.8, 4) is 5.88 Å². The van der Waals surface area contributed by atoms with Crippen molar-refractivity contribution in [3.05, 3.63) is 17.7 Å². The van der Waals surface area contributed by atoms with Crippen molar-refractivity contribution in [3.63, 3.8) is 0 Å². The van der Waals surface area contributed by atoms with Crippen molar-refractivity contribution < 1.29 is 4.74 Å². The minimum absolute atomic E-state index is 0.664. The molecule has 0 radical (unpaired) electrons. The maximum atomic E-state index is 5.46. The second kappa shape index (κ2) is 5.16. The zero-order chi connectivity index (χ0) is 11.4. The minimum atomic E-state index is 0.664. The van der Waals surface area contributed by atoms with Crippen molar-refractivity contribution in [2.45, 2.75) is 13.8 Å². The first-order valence-electron chi connectivity index (χ1n) is 5.86. The number of anilines is 1. The van der Waals surface area contributed by atoms with Crippen molar-refractivity contribution in [2.75, 3.05) is 37.7 Å². The first kappa shape index (κ1) is 11.2. The summed E-state index contributed by atoms with van der Waals surface area (Å²) in [5.41, 5.74) is 1.20. The van der Waals surface area contributed by atoms with E-state index in [2.05, 4.69) is 28.2 Å². The Morgan fingerprint density at radius 3 is 2.81 bits per heavy atom. The third-order valence-corrected chi connectivity index (χ3v) is 2.67. The van der Waals surface area contributed by atoms with Gasteiger partial charge in [0.25, 0.3) is 0 Å². The molecule has 0 amide bonds. The molecule has 4 heteroatoms. The van der Waals surface area contributed by atoms with Gasteiger partial charge < -0.3 is 15.0 Å². The van der Waals surface area contributed by atoms with E-state index < -0.39 is 0 Å². The number of nitrogens with zero attached hydrogens (tertiary/aromatic N) is 2. The summed E-state index contributed by atoms with van der Waals surface area (Å²) in [7, 11) is 0. The number of aryl methyl sites for hydroxylation is 1. The van der Waals surface area contributed by atoms with Crippen molar-refractivity contribution >= 4 is 5.82 Å². The number of ether oxygens (including phenoxy) is 1. The molecule has 2 rings (SSSR count). The predicted molar refractivity (Wildman–Crippen MR) is 65.2 cm³/mol. The number of nitrogens with one attached hydrogen (secondary N) is 1. The summed E-state index contributed by atoms with van der Waals surface area (Å²) in [6, 6.07) is 4.10. The lowest BCUT2D eigenvalue weighted by molar-refractivity contribution is 0.326. The van der Waals surface area contributed by atoms with Gasteiger partial charge in [0.05, 0.1) is 6.61 Å². The smallest absolute Gasteiger partial charge is 0.215 e. The van der Waals surface area contributed by atoms with E-state index in [0.717, 1.165) is 37.9 Å². The molecule has 1 fully saturated rings. The fraction of sp³-hybridized carbons (Fsp3) is 0.583. The molecule has 1 aromatic rings. The van der Waals surface area contributed by atoms with Crippen molar-refractivity contribution in [1.82, 2.24) is 10.3 Å². The van der Waals surface area contributed by atoms with Crippen LogP contribution in [0.3, 0.4) is 0 Å². The lowest BCUT2D eigenvalue weighted by atomic mass is 10.2. The molecule has 0 bridgehead atoms. The second-order valence-electron chi connectivity index (χ2n) is 4.01. The number of aromatic nitrogens is 1. The number of piperazine rings is 1. The summed E-state index contributed by atoms with van der Waals surface area (Å²) in [5.74, 6) is 1.76. The average Bonchev–Trinajstić information content (AvgIpc) is 2.30. The van der Waals surface area contributed by atoms with Gasteiger partial charge in [0.1, 0.15) is 5.82 Å². The molecule has 1 saturated heterocycles. The van der Waals surface area contributed by atoms with Gasteiger partial charge in [-0.1, -0.05) is 0 Å². The fourth-order valence-electron chi connectivity index (χ4n) is 1.90. The van der Waals surface area contributed by atoms with Gasteiger partial charge in [0, 0.05) is 32.2 Å². The van der Waals surface area contributed by atoms with Gasteiger partial charge in [-0.15, -0.1) is 0 Å². The van der Waals surface area contributed by atoms with Crippen LogP contribution in [-0.2, 0) is 0 Å². The maximum absolute atomic E-state index is 5.46. The van der Waals surface area contributed by atoms with Crippen LogP contribution in [0.25, 0.3) is 0 Å². The molecule has 1 N–H and O–H groups in total. The molecule has 1 aliphatic heterocycles. The van der Waals surface area contributed by atoms with Crippen LogP contribution in [0.5, 0.6) is 5.88 Å². The Kier molecular flexibility index (Phi) is 3.62. The van der Waals surface area contributed by atoms with Gasteiger partial charge in [-0.3, -0.25) is 0 Å². The molecule has 0 aliphatic carbocycles. The Bertz CT molecular complexity index is 348. The number of hydrogen-bond donors (Lipinski definition) is 1. The third-order valence-electron chi connectivity index (χ3n) is 2.67. The zero-order valence-corrected chi connectivity index (χ0v) is 9.99. The molecule has 4 nitrogen and oxygen atoms in total. The summed E-state index contributed by atoms with van der Waals surface area (Å²) < 4.78 is 5.46. The topological polar surface area (TPSA) is 37.4 Å². The maximum Gasteiger partial charge on any atom is 0.215 e. The van der Waals surface area contributed by atoms with E-state index in [4.69, 9.17) is 4.74 Å². The molecule has 0 saturated carbocycles. The monoisotopic (exact) mass is 221 g/mol. The van der Waals surface area contributed by atoms with Gasteiger partial charge in [-0.05, 0) is 25.5 Å². The number of rotatable bonds is 3. The largest absolute Gasteiger partial charge is 0.478 e. The molecular formula is C12H19N3O. The van der Waals surface area contributed by atoms with Crippen LogP contribution in [0.15, 0.2) is 12.1 Å². The molecule has 1 aliphatic rings. The Balaban J connectivity index is 2.18. The molecule has 16 heavy (non-hydrogen) atoms. The Morgan fingerprint density at radius 1 is 1.38 bits per heavy atom.